The van der Waals surface area contributed by atoms with Gasteiger partial charge in [-0.2, -0.15) is 0 Å². The molecule has 0 bridgehead atoms. The first kappa shape index (κ1) is 29.3. The molecule has 0 spiro atoms. The van der Waals surface area contributed by atoms with E-state index in [0.29, 0.717) is 22.6 Å². The summed E-state index contributed by atoms with van der Waals surface area (Å²) >= 11 is 1.40. The molecule has 1 amide bonds. The van der Waals surface area contributed by atoms with Crippen LogP contribution in [0.25, 0.3) is 4.91 Å². The molecule has 1 aromatic carbocycles. The zero-order valence-corrected chi connectivity index (χ0v) is 21.5. The van der Waals surface area contributed by atoms with Crippen LogP contribution in [0.1, 0.15) is 69.8 Å². The number of aromatic carboxylic acids is 1. The molecule has 0 aromatic heterocycles. The van der Waals surface area contributed by atoms with Crippen molar-refractivity contribution in [2.45, 2.75) is 71.6 Å². The molecule has 1 unspecified atom stereocenters. The first-order valence-corrected chi connectivity index (χ1v) is 12.0. The van der Waals surface area contributed by atoms with Crippen LogP contribution >= 0.6 is 11.8 Å². The number of allylic oxidation sites excluding steroid dienone is 3. The second-order valence-corrected chi connectivity index (χ2v) is 10.3. The average Bonchev–Trinajstić information content (AvgIpc) is 2.70. The van der Waals surface area contributed by atoms with Crippen LogP contribution in [0.2, 0.25) is 0 Å². The molecule has 0 aliphatic rings. The van der Waals surface area contributed by atoms with Crippen molar-refractivity contribution in [3.05, 3.63) is 59.5 Å². The van der Waals surface area contributed by atoms with Crippen molar-refractivity contribution in [2.75, 3.05) is 6.61 Å². The Morgan fingerprint density at radius 2 is 1.88 bits per heavy atom. The molecule has 0 radical (unpaired) electrons. The molecule has 8 heteroatoms. The van der Waals surface area contributed by atoms with Crippen LogP contribution in [0, 0.1) is 0 Å². The second-order valence-electron chi connectivity index (χ2n) is 8.92. The number of rotatable bonds is 13. The third kappa shape index (κ3) is 11.4. The van der Waals surface area contributed by atoms with Crippen molar-refractivity contribution in [1.82, 2.24) is 5.32 Å². The van der Waals surface area contributed by atoms with Gasteiger partial charge in [0, 0.05) is 10.9 Å². The lowest BCUT2D eigenvalue weighted by atomic mass is 10.0. The highest BCUT2D eigenvalue weighted by atomic mass is 32.2. The van der Waals surface area contributed by atoms with Crippen molar-refractivity contribution in [3.8, 4) is 5.75 Å². The predicted octanol–water partition coefficient (Wildman–Crippen LogP) is 6.00. The summed E-state index contributed by atoms with van der Waals surface area (Å²) in [5.74, 6) is -0.777. The molecule has 7 nitrogen and oxygen atoms in total. The lowest BCUT2D eigenvalue weighted by molar-refractivity contribution is 0.0456. The molecule has 3 N–H and O–H groups in total. The van der Waals surface area contributed by atoms with Crippen LogP contribution in [0.15, 0.2) is 48.4 Å². The molecule has 34 heavy (non-hydrogen) atoms. The monoisotopic (exact) mass is 491 g/mol. The summed E-state index contributed by atoms with van der Waals surface area (Å²) in [5, 5.41) is 22.8. The van der Waals surface area contributed by atoms with E-state index in [4.69, 9.17) is 9.47 Å². The fraction of sp³-hybridized carbons (Fsp3) is 0.462. The van der Waals surface area contributed by atoms with Gasteiger partial charge >= 0.3 is 12.1 Å². The van der Waals surface area contributed by atoms with Gasteiger partial charge < -0.3 is 25.0 Å². The summed E-state index contributed by atoms with van der Waals surface area (Å²) in [4.78, 5) is 25.3. The summed E-state index contributed by atoms with van der Waals surface area (Å²) in [6, 6.07) is 4.35. The number of aliphatic hydroxyl groups excluding tert-OH is 1. The highest BCUT2D eigenvalue weighted by molar-refractivity contribution is 8.11. The van der Waals surface area contributed by atoms with Crippen molar-refractivity contribution < 1.29 is 29.3 Å². The van der Waals surface area contributed by atoms with E-state index in [9.17, 15) is 19.8 Å². The Morgan fingerprint density at radius 1 is 1.24 bits per heavy atom. The van der Waals surface area contributed by atoms with Crippen LogP contribution < -0.4 is 10.1 Å². The normalized spacial score (nSPS) is 13.5. The summed E-state index contributed by atoms with van der Waals surface area (Å²) < 4.78 is 11.0. The predicted molar refractivity (Wildman–Crippen MR) is 138 cm³/mol. The minimum Gasteiger partial charge on any atom is -0.491 e. The minimum absolute atomic E-state index is 0.0598. The first-order chi connectivity index (χ1) is 15.8. The number of carboxylic acids is 1. The van der Waals surface area contributed by atoms with Crippen LogP contribution in [0.5, 0.6) is 5.75 Å². The first-order valence-electron chi connectivity index (χ1n) is 11.2. The van der Waals surface area contributed by atoms with Gasteiger partial charge in [0.05, 0.1) is 11.7 Å². The molecule has 0 saturated heterocycles. The van der Waals surface area contributed by atoms with E-state index in [1.165, 1.54) is 23.9 Å². The van der Waals surface area contributed by atoms with E-state index < -0.39 is 23.8 Å². The van der Waals surface area contributed by atoms with Crippen LogP contribution in [-0.2, 0) is 4.74 Å². The second kappa shape index (κ2) is 13.9. The number of alkyl carbamates (subject to hydrolysis) is 1. The van der Waals surface area contributed by atoms with Gasteiger partial charge in [-0.05, 0) is 69.2 Å². The molecule has 188 valence electrons. The van der Waals surface area contributed by atoms with Gasteiger partial charge in [0.25, 0.3) is 0 Å². The Morgan fingerprint density at radius 3 is 2.44 bits per heavy atom. The fourth-order valence-electron chi connectivity index (χ4n) is 3.08. The smallest absolute Gasteiger partial charge is 0.407 e. The number of benzene rings is 1. The van der Waals surface area contributed by atoms with E-state index in [1.807, 2.05) is 19.9 Å². The Labute approximate surface area is 206 Å². The number of thioether (sulfide) groups is 1. The number of amides is 1. The molecule has 0 heterocycles. The van der Waals surface area contributed by atoms with E-state index in [0.717, 1.165) is 11.3 Å². The standard InChI is InChI=1S/C26H37NO6S/c1-8-10-17(3)34-18(4)19-12-20(24(29)30)14-23(13-19)32-16-22(28)15-21(11-9-2)27-25(31)33-26(5,6)7/h8,10,12-14,21-22,28H,1,4,9,11,15-16H2,2-3,5-7H3,(H,27,31)(H,29,30)/b17-10-/t21?,22-/m0/s1. The number of carboxylic acid groups (broad SMARTS) is 1. The Balaban J connectivity index is 2.87. The Hall–Kier alpha value is -2.71. The number of hydrogen-bond donors (Lipinski definition) is 3. The molecule has 2 atom stereocenters. The lowest BCUT2D eigenvalue weighted by Crippen LogP contribution is -2.41. The zero-order chi connectivity index (χ0) is 25.9. The quantitative estimate of drug-likeness (QED) is 0.291. The summed E-state index contributed by atoms with van der Waals surface area (Å²) in [6.45, 7) is 16.9. The number of aliphatic hydroxyl groups is 1. The van der Waals surface area contributed by atoms with Crippen molar-refractivity contribution in [3.63, 3.8) is 0 Å². The van der Waals surface area contributed by atoms with Crippen LogP contribution in [-0.4, -0.2) is 46.6 Å². The topological polar surface area (TPSA) is 105 Å². The van der Waals surface area contributed by atoms with Gasteiger partial charge in [-0.3, -0.25) is 0 Å². The summed E-state index contributed by atoms with van der Waals surface area (Å²) in [5.41, 5.74) is 0.0591. The number of hydrogen-bond acceptors (Lipinski definition) is 6. The molecule has 0 fully saturated rings. The Kier molecular flexibility index (Phi) is 12.0. The number of carbonyl (C=O) groups excluding carboxylic acids is 1. The van der Waals surface area contributed by atoms with Gasteiger partial charge in [-0.15, -0.1) is 0 Å². The maximum Gasteiger partial charge on any atom is 0.407 e. The van der Waals surface area contributed by atoms with E-state index in [2.05, 4.69) is 18.5 Å². The average molecular weight is 492 g/mol. The molecule has 1 aromatic rings. The molecular weight excluding hydrogens is 454 g/mol. The summed E-state index contributed by atoms with van der Waals surface area (Å²) in [6.07, 6.45) is 3.85. The lowest BCUT2D eigenvalue weighted by Gasteiger charge is -2.25. The highest BCUT2D eigenvalue weighted by Gasteiger charge is 2.21. The van der Waals surface area contributed by atoms with Crippen molar-refractivity contribution in [1.29, 1.82) is 0 Å². The Bertz CT molecular complexity index is 903. The SMILES string of the molecule is C=C/C=C(/C)SC(=C)c1cc(OC[C@@H](O)CC(CCC)NC(=O)OC(C)(C)C)cc(C(=O)O)c1. The summed E-state index contributed by atoms with van der Waals surface area (Å²) in [7, 11) is 0. The molecule has 1 rings (SSSR count). The van der Waals surface area contributed by atoms with E-state index >= 15 is 0 Å². The largest absolute Gasteiger partial charge is 0.491 e. The van der Waals surface area contributed by atoms with Gasteiger partial charge in [-0.1, -0.05) is 50.4 Å². The number of carbonyl (C=O) groups is 2. The van der Waals surface area contributed by atoms with Crippen LogP contribution in [0.3, 0.4) is 0 Å². The van der Waals surface area contributed by atoms with Gasteiger partial charge in [0.15, 0.2) is 0 Å². The maximum absolute atomic E-state index is 12.1. The third-order valence-electron chi connectivity index (χ3n) is 4.47. The van der Waals surface area contributed by atoms with Crippen molar-refractivity contribution in [2.24, 2.45) is 0 Å². The number of ether oxygens (including phenoxy) is 2. The highest BCUT2D eigenvalue weighted by Crippen LogP contribution is 2.34. The zero-order valence-electron chi connectivity index (χ0n) is 20.7. The molecular formula is C26H37NO6S. The van der Waals surface area contributed by atoms with Gasteiger partial charge in [0.1, 0.15) is 18.0 Å². The third-order valence-corrected chi connectivity index (χ3v) is 5.41. The van der Waals surface area contributed by atoms with Crippen molar-refractivity contribution >= 4 is 28.7 Å². The van der Waals surface area contributed by atoms with E-state index in [-0.39, 0.29) is 24.6 Å². The molecule has 0 aliphatic heterocycles. The molecule has 0 aliphatic carbocycles. The maximum atomic E-state index is 12.1. The van der Waals surface area contributed by atoms with Crippen LogP contribution in [0.4, 0.5) is 4.79 Å². The molecule has 0 saturated carbocycles. The number of nitrogens with one attached hydrogen (secondary N) is 1. The fourth-order valence-corrected chi connectivity index (χ4v) is 3.87. The van der Waals surface area contributed by atoms with E-state index in [1.54, 1.807) is 32.9 Å². The van der Waals surface area contributed by atoms with Gasteiger partial charge in [-0.25, -0.2) is 9.59 Å². The van der Waals surface area contributed by atoms with Gasteiger partial charge in [0.2, 0.25) is 0 Å². The minimum atomic E-state index is -1.09.